The molecule has 1 aromatic rings. The maximum atomic E-state index is 5.45. The van der Waals surface area contributed by atoms with Crippen LogP contribution in [0.1, 0.15) is 0 Å². The van der Waals surface area contributed by atoms with E-state index < -0.39 is 0 Å². The zero-order valence-electron chi connectivity index (χ0n) is 5.72. The summed E-state index contributed by atoms with van der Waals surface area (Å²) in [7, 11) is 0. The first-order chi connectivity index (χ1) is 5.68. The summed E-state index contributed by atoms with van der Waals surface area (Å²) in [4.78, 5) is 10.8. The van der Waals surface area contributed by atoms with Gasteiger partial charge >= 0.3 is 84.1 Å². The second-order valence-corrected chi connectivity index (χ2v) is 3.65. The molecule has 1 aliphatic heterocycles. The predicted octanol–water partition coefficient (Wildman–Crippen LogP) is 0.769. The number of rotatable bonds is 0. The van der Waals surface area contributed by atoms with Crippen LogP contribution in [0.25, 0.3) is 0 Å². The Hall–Kier alpha value is -0.742. The van der Waals surface area contributed by atoms with Crippen molar-refractivity contribution in [3.05, 3.63) is 4.64 Å². The fourth-order valence-corrected chi connectivity index (χ4v) is 1.98. The van der Waals surface area contributed by atoms with Crippen LogP contribution in [0.4, 0.5) is 17.5 Å². The fourth-order valence-electron chi connectivity index (χ4n) is 0.902. The standard InChI is InChI=1S/C5H5N5S.Pt/c6-5-9-3-2(4(11)10-5)7-1-8-3;/h1H,(H4,6,7,8,9,10,11);/q;+2/p-1. The van der Waals surface area contributed by atoms with E-state index in [1.165, 1.54) is 0 Å². The van der Waals surface area contributed by atoms with Crippen LogP contribution in [0.5, 0.6) is 0 Å². The minimum absolute atomic E-state index is 0.294. The van der Waals surface area contributed by atoms with E-state index in [9.17, 15) is 0 Å². The van der Waals surface area contributed by atoms with Crippen molar-refractivity contribution in [2.45, 2.75) is 0 Å². The van der Waals surface area contributed by atoms with Crippen LogP contribution in [-0.4, -0.2) is 19.4 Å². The molecule has 1 aliphatic rings. The molecule has 0 atom stereocenters. The van der Waals surface area contributed by atoms with Crippen molar-refractivity contribution in [2.75, 3.05) is 5.73 Å². The van der Waals surface area contributed by atoms with Crippen LogP contribution in [0.2, 0.25) is 0 Å². The topological polar surface area (TPSA) is 70.1 Å². The molecule has 0 saturated heterocycles. The Morgan fingerprint density at radius 3 is 3.17 bits per heavy atom. The van der Waals surface area contributed by atoms with Gasteiger partial charge in [0, 0.05) is 0 Å². The van der Waals surface area contributed by atoms with Crippen molar-refractivity contribution in [1.29, 1.82) is 0 Å². The third-order valence-corrected chi connectivity index (χ3v) is 2.43. The van der Waals surface area contributed by atoms with Gasteiger partial charge in [0.25, 0.3) is 0 Å². The quantitative estimate of drug-likeness (QED) is 0.671. The second-order valence-electron chi connectivity index (χ2n) is 2.15. The molecule has 5 nitrogen and oxygen atoms in total. The maximum absolute atomic E-state index is 5.45. The number of nitrogens with one attached hydrogen (secondary N) is 1. The number of nitrogens with zero attached hydrogens (tertiary/aromatic N) is 3. The Kier molecular flexibility index (Phi) is 1.73. The number of aromatic nitrogens is 2. The second kappa shape index (κ2) is 2.64. The molecule has 1 aromatic heterocycles. The molecular formula is C5H4N5PtS+. The van der Waals surface area contributed by atoms with Crippen molar-refractivity contribution < 1.29 is 22.7 Å². The molecule has 0 saturated carbocycles. The van der Waals surface area contributed by atoms with Gasteiger partial charge in [-0.3, -0.25) is 0 Å². The Labute approximate surface area is 84.1 Å². The van der Waals surface area contributed by atoms with E-state index in [2.05, 4.69) is 34.6 Å². The first-order valence-corrected chi connectivity index (χ1v) is 4.47. The number of anilines is 1. The molecular weight excluding hydrogens is 357 g/mol. The minimum atomic E-state index is 0.294. The normalized spacial score (nSPS) is 13.7. The van der Waals surface area contributed by atoms with Crippen molar-refractivity contribution >= 4 is 36.0 Å². The Morgan fingerprint density at radius 1 is 1.67 bits per heavy atom. The monoisotopic (exact) mass is 361 g/mol. The molecule has 0 spiro atoms. The van der Waals surface area contributed by atoms with E-state index in [1.807, 2.05) is 0 Å². The third kappa shape index (κ3) is 1.07. The van der Waals surface area contributed by atoms with E-state index in [0.29, 0.717) is 16.4 Å². The molecule has 64 valence electrons. The molecule has 3 N–H and O–H groups in total. The van der Waals surface area contributed by atoms with Crippen molar-refractivity contribution in [3.63, 3.8) is 0 Å². The Balaban J connectivity index is 2.83. The SMILES string of the molecule is Nc1nc2c(c(=S)[nH]1)[N+](=[Pt])C=N2. The third-order valence-electron chi connectivity index (χ3n) is 1.37. The summed E-state index contributed by atoms with van der Waals surface area (Å²) >= 11 is 7.10. The molecule has 0 aromatic carbocycles. The number of nitrogens with two attached hydrogens (primary N) is 1. The first-order valence-electron chi connectivity index (χ1n) is 3.05. The number of nitrogen functional groups attached to an aromatic ring is 1. The van der Waals surface area contributed by atoms with E-state index in [0.717, 1.165) is 5.69 Å². The molecule has 0 amide bonds. The number of hydrogen-bond donors (Lipinski definition) is 2. The molecule has 2 rings (SSSR count). The summed E-state index contributed by atoms with van der Waals surface area (Å²) < 4.78 is 2.34. The Bertz CT molecular complexity index is 448. The zero-order chi connectivity index (χ0) is 8.72. The van der Waals surface area contributed by atoms with Gasteiger partial charge in [-0.2, -0.15) is 0 Å². The van der Waals surface area contributed by atoms with Gasteiger partial charge in [0.1, 0.15) is 0 Å². The fraction of sp³-hybridized carbons (Fsp3) is 0. The summed E-state index contributed by atoms with van der Waals surface area (Å²) in [6.07, 6.45) is 1.64. The van der Waals surface area contributed by atoms with Gasteiger partial charge in [-0.05, 0) is 0 Å². The van der Waals surface area contributed by atoms with Crippen LogP contribution in [0, 0.1) is 4.64 Å². The summed E-state index contributed by atoms with van der Waals surface area (Å²) in [5, 5.41) is 0. The van der Waals surface area contributed by atoms with E-state index in [-0.39, 0.29) is 0 Å². The summed E-state index contributed by atoms with van der Waals surface area (Å²) in [5.74, 6) is 0.870. The number of aliphatic imine (C=N–C) groups is 1. The van der Waals surface area contributed by atoms with Crippen LogP contribution in [0.3, 0.4) is 0 Å². The van der Waals surface area contributed by atoms with E-state index in [4.69, 9.17) is 18.0 Å². The Morgan fingerprint density at radius 2 is 2.42 bits per heavy atom. The molecule has 2 heterocycles. The number of hydrogen-bond acceptors (Lipinski definition) is 4. The van der Waals surface area contributed by atoms with E-state index in [1.54, 1.807) is 9.42 Å². The van der Waals surface area contributed by atoms with Crippen LogP contribution >= 0.6 is 12.2 Å². The van der Waals surface area contributed by atoms with Crippen molar-refractivity contribution in [3.8, 4) is 0 Å². The van der Waals surface area contributed by atoms with Crippen LogP contribution < -0.4 is 5.73 Å². The first kappa shape index (κ1) is 7.88. The van der Waals surface area contributed by atoms with Gasteiger partial charge in [0.2, 0.25) is 0 Å². The van der Waals surface area contributed by atoms with E-state index >= 15 is 0 Å². The summed E-state index contributed by atoms with van der Waals surface area (Å²) in [5.41, 5.74) is 6.24. The van der Waals surface area contributed by atoms with Gasteiger partial charge < -0.3 is 0 Å². The average molecular weight is 361 g/mol. The molecule has 12 heavy (non-hydrogen) atoms. The molecule has 7 heteroatoms. The van der Waals surface area contributed by atoms with Gasteiger partial charge in [-0.1, -0.05) is 0 Å². The molecule has 0 fully saturated rings. The van der Waals surface area contributed by atoms with Gasteiger partial charge in [0.05, 0.1) is 0 Å². The summed E-state index contributed by atoms with van der Waals surface area (Å²) in [6, 6.07) is 0. The number of fused-ring (bicyclic) bond motifs is 1. The number of aromatic amines is 1. The van der Waals surface area contributed by atoms with Gasteiger partial charge in [0.15, 0.2) is 0 Å². The van der Waals surface area contributed by atoms with Crippen molar-refractivity contribution in [1.82, 2.24) is 9.97 Å². The van der Waals surface area contributed by atoms with Gasteiger partial charge in [-0.15, -0.1) is 0 Å². The zero-order valence-corrected chi connectivity index (χ0v) is 8.81. The molecule has 0 unspecified atom stereocenters. The van der Waals surface area contributed by atoms with Gasteiger partial charge in [-0.25, -0.2) is 0 Å². The van der Waals surface area contributed by atoms with Crippen LogP contribution in [0.15, 0.2) is 4.99 Å². The van der Waals surface area contributed by atoms with Crippen molar-refractivity contribution in [2.24, 2.45) is 4.99 Å². The van der Waals surface area contributed by atoms with Crippen LogP contribution in [-0.2, 0) is 19.6 Å². The molecule has 0 radical (unpaired) electrons. The average Bonchev–Trinajstić information content (AvgIpc) is 2.31. The predicted molar refractivity (Wildman–Crippen MR) is 41.9 cm³/mol. The molecule has 0 aliphatic carbocycles. The number of H-pyrrole nitrogens is 1. The summed E-state index contributed by atoms with van der Waals surface area (Å²) in [6.45, 7) is 0. The molecule has 0 bridgehead atoms.